The van der Waals surface area contributed by atoms with Gasteiger partial charge in [-0.05, 0) is 13.8 Å². The molecular weight excluding hydrogens is 242 g/mol. The SMILES string of the molecule is CCOC(=O)c1noc(C)c1-c1csc(N)n1. The molecule has 90 valence electrons. The minimum atomic E-state index is -0.522. The maximum atomic E-state index is 11.7. The van der Waals surface area contributed by atoms with Gasteiger partial charge in [0, 0.05) is 5.38 Å². The van der Waals surface area contributed by atoms with Gasteiger partial charge in [0.05, 0.1) is 17.9 Å². The van der Waals surface area contributed by atoms with E-state index < -0.39 is 5.97 Å². The molecule has 2 aromatic rings. The van der Waals surface area contributed by atoms with Gasteiger partial charge in [0.1, 0.15) is 5.76 Å². The van der Waals surface area contributed by atoms with Gasteiger partial charge < -0.3 is 15.0 Å². The van der Waals surface area contributed by atoms with Crippen LogP contribution < -0.4 is 5.73 Å². The Kier molecular flexibility index (Phi) is 3.10. The molecule has 7 heteroatoms. The molecule has 17 heavy (non-hydrogen) atoms. The number of thiazole rings is 1. The molecule has 0 aromatic carbocycles. The number of anilines is 1. The summed E-state index contributed by atoms with van der Waals surface area (Å²) in [7, 11) is 0. The Morgan fingerprint density at radius 2 is 2.41 bits per heavy atom. The van der Waals surface area contributed by atoms with Gasteiger partial charge in [0.15, 0.2) is 5.13 Å². The highest BCUT2D eigenvalue weighted by molar-refractivity contribution is 7.13. The Balaban J connectivity index is 2.46. The van der Waals surface area contributed by atoms with Gasteiger partial charge in [0.25, 0.3) is 0 Å². The first-order valence-electron chi connectivity index (χ1n) is 4.98. The minimum Gasteiger partial charge on any atom is -0.461 e. The number of carbonyl (C=O) groups is 1. The number of nitrogens with two attached hydrogens (primary N) is 1. The van der Waals surface area contributed by atoms with Gasteiger partial charge >= 0.3 is 5.97 Å². The van der Waals surface area contributed by atoms with Crippen molar-refractivity contribution in [2.75, 3.05) is 12.3 Å². The first-order valence-corrected chi connectivity index (χ1v) is 5.86. The second kappa shape index (κ2) is 4.54. The monoisotopic (exact) mass is 253 g/mol. The summed E-state index contributed by atoms with van der Waals surface area (Å²) in [4.78, 5) is 15.8. The number of ether oxygens (including phenoxy) is 1. The van der Waals surface area contributed by atoms with E-state index in [4.69, 9.17) is 15.0 Å². The van der Waals surface area contributed by atoms with Crippen LogP contribution in [0.25, 0.3) is 11.3 Å². The Bertz CT molecular complexity index is 547. The Morgan fingerprint density at radius 1 is 1.65 bits per heavy atom. The van der Waals surface area contributed by atoms with E-state index in [0.29, 0.717) is 22.1 Å². The number of carbonyl (C=O) groups excluding carboxylic acids is 1. The number of aryl methyl sites for hydroxylation is 1. The standard InChI is InChI=1S/C10H11N3O3S/c1-3-15-9(14)8-7(5(2)16-13-8)6-4-17-10(11)12-6/h4H,3H2,1-2H3,(H2,11,12). The molecule has 0 spiro atoms. The average Bonchev–Trinajstić information content (AvgIpc) is 2.85. The van der Waals surface area contributed by atoms with Crippen molar-refractivity contribution in [3.05, 3.63) is 16.8 Å². The highest BCUT2D eigenvalue weighted by atomic mass is 32.1. The van der Waals surface area contributed by atoms with Gasteiger partial charge in [-0.2, -0.15) is 0 Å². The van der Waals surface area contributed by atoms with Crippen LogP contribution in [-0.2, 0) is 4.74 Å². The van der Waals surface area contributed by atoms with Gasteiger partial charge in [0.2, 0.25) is 5.69 Å². The maximum Gasteiger partial charge on any atom is 0.361 e. The van der Waals surface area contributed by atoms with Gasteiger partial charge in [-0.3, -0.25) is 0 Å². The lowest BCUT2D eigenvalue weighted by Gasteiger charge is -1.99. The van der Waals surface area contributed by atoms with Crippen LogP contribution in [0.5, 0.6) is 0 Å². The second-order valence-electron chi connectivity index (χ2n) is 3.25. The molecule has 2 aromatic heterocycles. The van der Waals surface area contributed by atoms with Crippen LogP contribution in [-0.4, -0.2) is 22.7 Å². The molecule has 0 amide bonds. The fourth-order valence-electron chi connectivity index (χ4n) is 1.42. The minimum absolute atomic E-state index is 0.134. The van der Waals surface area contributed by atoms with Crippen LogP contribution in [0, 0.1) is 6.92 Å². The third-order valence-corrected chi connectivity index (χ3v) is 2.78. The third kappa shape index (κ3) is 2.14. The number of aromatic nitrogens is 2. The summed E-state index contributed by atoms with van der Waals surface area (Å²) in [6.07, 6.45) is 0. The fraction of sp³-hybridized carbons (Fsp3) is 0.300. The molecule has 2 N–H and O–H groups in total. The quantitative estimate of drug-likeness (QED) is 0.839. The van der Waals surface area contributed by atoms with Crippen molar-refractivity contribution in [3.63, 3.8) is 0 Å². The van der Waals surface area contributed by atoms with Crippen LogP contribution in [0.1, 0.15) is 23.2 Å². The zero-order valence-electron chi connectivity index (χ0n) is 9.39. The normalized spacial score (nSPS) is 10.5. The molecule has 0 unspecified atom stereocenters. The highest BCUT2D eigenvalue weighted by Crippen LogP contribution is 2.29. The number of nitrogens with zero attached hydrogens (tertiary/aromatic N) is 2. The predicted octanol–water partition coefficient (Wildman–Crippen LogP) is 1.87. The van der Waals surface area contributed by atoms with E-state index in [2.05, 4.69) is 10.1 Å². The summed E-state index contributed by atoms with van der Waals surface area (Å²) >= 11 is 1.29. The topological polar surface area (TPSA) is 91.2 Å². The Hall–Kier alpha value is -1.89. The van der Waals surface area contributed by atoms with E-state index in [1.54, 1.807) is 19.2 Å². The van der Waals surface area contributed by atoms with Gasteiger partial charge in [-0.25, -0.2) is 9.78 Å². The summed E-state index contributed by atoms with van der Waals surface area (Å²) in [6.45, 7) is 3.72. The predicted molar refractivity (Wildman–Crippen MR) is 62.7 cm³/mol. The number of nitrogen functional groups attached to an aromatic ring is 1. The number of esters is 1. The molecule has 0 saturated carbocycles. The zero-order chi connectivity index (χ0) is 12.4. The molecule has 0 aliphatic rings. The molecule has 0 atom stereocenters. The largest absolute Gasteiger partial charge is 0.461 e. The average molecular weight is 253 g/mol. The van der Waals surface area contributed by atoms with Gasteiger partial charge in [-0.15, -0.1) is 11.3 Å². The van der Waals surface area contributed by atoms with E-state index >= 15 is 0 Å². The van der Waals surface area contributed by atoms with E-state index in [1.165, 1.54) is 11.3 Å². The molecule has 0 radical (unpaired) electrons. The van der Waals surface area contributed by atoms with Crippen LogP contribution >= 0.6 is 11.3 Å². The van der Waals surface area contributed by atoms with E-state index in [0.717, 1.165) is 0 Å². The van der Waals surface area contributed by atoms with E-state index in [1.807, 2.05) is 0 Å². The first kappa shape index (κ1) is 11.6. The lowest BCUT2D eigenvalue weighted by atomic mass is 10.1. The van der Waals surface area contributed by atoms with Crippen molar-refractivity contribution in [1.29, 1.82) is 0 Å². The molecule has 0 bridgehead atoms. The first-order chi connectivity index (χ1) is 8.13. The summed E-state index contributed by atoms with van der Waals surface area (Å²) in [6, 6.07) is 0. The van der Waals surface area contributed by atoms with Crippen LogP contribution in [0.4, 0.5) is 5.13 Å². The van der Waals surface area contributed by atoms with Crippen LogP contribution in [0.15, 0.2) is 9.90 Å². The summed E-state index contributed by atoms with van der Waals surface area (Å²) in [5, 5.41) is 5.87. The van der Waals surface area contributed by atoms with E-state index in [9.17, 15) is 4.79 Å². The zero-order valence-corrected chi connectivity index (χ0v) is 10.2. The number of hydrogen-bond acceptors (Lipinski definition) is 7. The second-order valence-corrected chi connectivity index (χ2v) is 4.14. The van der Waals surface area contributed by atoms with Crippen molar-refractivity contribution in [1.82, 2.24) is 10.1 Å². The van der Waals surface area contributed by atoms with Crippen molar-refractivity contribution < 1.29 is 14.1 Å². The molecule has 2 rings (SSSR count). The lowest BCUT2D eigenvalue weighted by Crippen LogP contribution is -2.06. The van der Waals surface area contributed by atoms with Crippen molar-refractivity contribution in [2.24, 2.45) is 0 Å². The van der Waals surface area contributed by atoms with Crippen molar-refractivity contribution in [3.8, 4) is 11.3 Å². The summed E-state index contributed by atoms with van der Waals surface area (Å²) < 4.78 is 9.89. The van der Waals surface area contributed by atoms with Crippen molar-refractivity contribution >= 4 is 22.4 Å². The molecule has 6 nitrogen and oxygen atoms in total. The maximum absolute atomic E-state index is 11.7. The van der Waals surface area contributed by atoms with Crippen molar-refractivity contribution in [2.45, 2.75) is 13.8 Å². The van der Waals surface area contributed by atoms with E-state index in [-0.39, 0.29) is 12.3 Å². The molecule has 0 fully saturated rings. The van der Waals surface area contributed by atoms with Gasteiger partial charge in [-0.1, -0.05) is 5.16 Å². The summed E-state index contributed by atoms with van der Waals surface area (Å²) in [5.74, 6) is -0.00993. The molecule has 0 saturated heterocycles. The smallest absolute Gasteiger partial charge is 0.361 e. The fourth-order valence-corrected chi connectivity index (χ4v) is 1.97. The molecular formula is C10H11N3O3S. The van der Waals surface area contributed by atoms with Crippen LogP contribution in [0.2, 0.25) is 0 Å². The van der Waals surface area contributed by atoms with Crippen LogP contribution in [0.3, 0.4) is 0 Å². The molecule has 0 aliphatic heterocycles. The molecule has 0 aliphatic carbocycles. The Morgan fingerprint density at radius 3 is 3.00 bits per heavy atom. The highest BCUT2D eigenvalue weighted by Gasteiger charge is 2.23. The number of hydrogen-bond donors (Lipinski definition) is 1. The lowest BCUT2D eigenvalue weighted by molar-refractivity contribution is 0.0515. The third-order valence-electron chi connectivity index (χ3n) is 2.11. The summed E-state index contributed by atoms with van der Waals surface area (Å²) in [5.41, 5.74) is 6.81. The Labute approximate surface area is 101 Å². The molecule has 2 heterocycles. The number of rotatable bonds is 3.